The first-order chi connectivity index (χ1) is 11.2. The number of nitrogens with one attached hydrogen (secondary N) is 1. The monoisotopic (exact) mass is 314 g/mol. The number of fused-ring (bicyclic) bond motifs is 1. The van der Waals surface area contributed by atoms with Crippen LogP contribution in [0.3, 0.4) is 0 Å². The van der Waals surface area contributed by atoms with Crippen molar-refractivity contribution in [1.29, 1.82) is 0 Å². The summed E-state index contributed by atoms with van der Waals surface area (Å²) in [4.78, 5) is 0. The number of ether oxygens (including phenoxy) is 1. The lowest BCUT2D eigenvalue weighted by atomic mass is 10.1. The van der Waals surface area contributed by atoms with Crippen LogP contribution in [-0.2, 0) is 19.5 Å². The standard InChI is InChI=1S/C18H26N4O/c1-13-8-9-16(23-3)15(11-13)12-19-14(2)18-21-20-17-7-5-4-6-10-22(17)18/h8-9,11,14,19H,4-7,10,12H2,1-3H3/t14-/m0/s1. The Balaban J connectivity index is 1.72. The highest BCUT2D eigenvalue weighted by Crippen LogP contribution is 2.22. The molecule has 1 aliphatic heterocycles. The summed E-state index contributed by atoms with van der Waals surface area (Å²) in [5.41, 5.74) is 2.42. The molecule has 2 aromatic rings. The number of hydrogen-bond donors (Lipinski definition) is 1. The van der Waals surface area contributed by atoms with Gasteiger partial charge in [0.2, 0.25) is 0 Å². The smallest absolute Gasteiger partial charge is 0.149 e. The Morgan fingerprint density at radius 2 is 2.13 bits per heavy atom. The van der Waals surface area contributed by atoms with Crippen LogP contribution in [0.25, 0.3) is 0 Å². The highest BCUT2D eigenvalue weighted by molar-refractivity contribution is 5.36. The minimum atomic E-state index is 0.166. The molecule has 1 atom stereocenters. The first kappa shape index (κ1) is 16.0. The van der Waals surface area contributed by atoms with E-state index >= 15 is 0 Å². The molecule has 0 saturated carbocycles. The number of aromatic nitrogens is 3. The SMILES string of the molecule is COc1ccc(C)cc1CN[C@@H](C)c1nnc2n1CCCCC2. The van der Waals surface area contributed by atoms with Crippen molar-refractivity contribution in [1.82, 2.24) is 20.1 Å². The van der Waals surface area contributed by atoms with Gasteiger partial charge in [0.15, 0.2) is 0 Å². The van der Waals surface area contributed by atoms with Crippen molar-refractivity contribution < 1.29 is 4.74 Å². The lowest BCUT2D eigenvalue weighted by Crippen LogP contribution is -2.22. The van der Waals surface area contributed by atoms with Gasteiger partial charge >= 0.3 is 0 Å². The van der Waals surface area contributed by atoms with Crippen LogP contribution >= 0.6 is 0 Å². The van der Waals surface area contributed by atoms with E-state index in [9.17, 15) is 0 Å². The fourth-order valence-electron chi connectivity index (χ4n) is 3.23. The summed E-state index contributed by atoms with van der Waals surface area (Å²) < 4.78 is 7.76. The van der Waals surface area contributed by atoms with Crippen LogP contribution in [0.5, 0.6) is 5.75 Å². The second-order valence-corrected chi connectivity index (χ2v) is 6.35. The highest BCUT2D eigenvalue weighted by Gasteiger charge is 2.19. The molecule has 3 rings (SSSR count). The van der Waals surface area contributed by atoms with Crippen molar-refractivity contribution in [3.05, 3.63) is 41.0 Å². The average Bonchev–Trinajstić information content (AvgIpc) is 2.81. The summed E-state index contributed by atoms with van der Waals surface area (Å²) in [7, 11) is 1.72. The second-order valence-electron chi connectivity index (χ2n) is 6.35. The molecule has 1 aromatic heterocycles. The highest BCUT2D eigenvalue weighted by atomic mass is 16.5. The summed E-state index contributed by atoms with van der Waals surface area (Å²) in [6.07, 6.45) is 4.77. The molecule has 1 N–H and O–H groups in total. The Bertz CT molecular complexity index is 665. The van der Waals surface area contributed by atoms with Gasteiger partial charge < -0.3 is 14.6 Å². The fourth-order valence-corrected chi connectivity index (χ4v) is 3.23. The van der Waals surface area contributed by atoms with Crippen molar-refractivity contribution in [3.8, 4) is 5.75 Å². The van der Waals surface area contributed by atoms with Crippen LogP contribution in [0.2, 0.25) is 0 Å². The number of methoxy groups -OCH3 is 1. The Morgan fingerprint density at radius 3 is 2.96 bits per heavy atom. The van der Waals surface area contributed by atoms with Crippen molar-refractivity contribution in [2.24, 2.45) is 0 Å². The van der Waals surface area contributed by atoms with Crippen molar-refractivity contribution in [2.75, 3.05) is 7.11 Å². The molecule has 5 heteroatoms. The van der Waals surface area contributed by atoms with Crippen LogP contribution in [0.15, 0.2) is 18.2 Å². The maximum absolute atomic E-state index is 5.46. The van der Waals surface area contributed by atoms with E-state index in [2.05, 4.69) is 46.1 Å². The van der Waals surface area contributed by atoms with Gasteiger partial charge in [0.05, 0.1) is 13.2 Å². The zero-order valence-corrected chi connectivity index (χ0v) is 14.3. The minimum absolute atomic E-state index is 0.166. The summed E-state index contributed by atoms with van der Waals surface area (Å²) >= 11 is 0. The molecule has 0 spiro atoms. The largest absolute Gasteiger partial charge is 0.496 e. The van der Waals surface area contributed by atoms with Gasteiger partial charge in [0, 0.05) is 25.1 Å². The molecule has 0 radical (unpaired) electrons. The van der Waals surface area contributed by atoms with E-state index in [0.717, 1.165) is 36.9 Å². The first-order valence-corrected chi connectivity index (χ1v) is 8.48. The molecule has 0 amide bonds. The quantitative estimate of drug-likeness (QED) is 0.921. The Kier molecular flexibility index (Phi) is 4.96. The van der Waals surface area contributed by atoms with Gasteiger partial charge in [0.25, 0.3) is 0 Å². The number of hydrogen-bond acceptors (Lipinski definition) is 4. The van der Waals surface area contributed by atoms with E-state index in [1.54, 1.807) is 7.11 Å². The van der Waals surface area contributed by atoms with Crippen molar-refractivity contribution in [3.63, 3.8) is 0 Å². The maximum atomic E-state index is 5.46. The first-order valence-electron chi connectivity index (χ1n) is 8.48. The third kappa shape index (κ3) is 3.55. The second kappa shape index (κ2) is 7.13. The van der Waals surface area contributed by atoms with E-state index in [-0.39, 0.29) is 6.04 Å². The molecule has 5 nitrogen and oxygen atoms in total. The van der Waals surface area contributed by atoms with Crippen LogP contribution in [0, 0.1) is 6.92 Å². The van der Waals surface area contributed by atoms with Crippen molar-refractivity contribution >= 4 is 0 Å². The molecule has 0 fully saturated rings. The Hall–Kier alpha value is -1.88. The zero-order chi connectivity index (χ0) is 16.2. The third-order valence-corrected chi connectivity index (χ3v) is 4.56. The lowest BCUT2D eigenvalue weighted by molar-refractivity contribution is 0.404. The van der Waals surface area contributed by atoms with E-state index in [1.165, 1.54) is 30.4 Å². The summed E-state index contributed by atoms with van der Waals surface area (Å²) in [6.45, 7) is 6.06. The molecule has 2 heterocycles. The number of nitrogens with zero attached hydrogens (tertiary/aromatic N) is 3. The fraction of sp³-hybridized carbons (Fsp3) is 0.556. The van der Waals surface area contributed by atoms with Gasteiger partial charge in [-0.15, -0.1) is 10.2 Å². The van der Waals surface area contributed by atoms with Gasteiger partial charge in [-0.05, 0) is 32.8 Å². The summed E-state index contributed by atoms with van der Waals surface area (Å²) in [6, 6.07) is 6.44. The predicted molar refractivity (Wildman–Crippen MR) is 90.6 cm³/mol. The van der Waals surface area contributed by atoms with E-state index in [4.69, 9.17) is 4.74 Å². The molecule has 124 valence electrons. The molecule has 0 unspecified atom stereocenters. The molecule has 0 aliphatic carbocycles. The van der Waals surface area contributed by atoms with Crippen LogP contribution in [0.4, 0.5) is 0 Å². The van der Waals surface area contributed by atoms with Crippen molar-refractivity contribution in [2.45, 2.75) is 58.7 Å². The van der Waals surface area contributed by atoms with Gasteiger partial charge in [0.1, 0.15) is 17.4 Å². The van der Waals surface area contributed by atoms with E-state index in [1.807, 2.05) is 6.07 Å². The van der Waals surface area contributed by atoms with Gasteiger partial charge in [-0.25, -0.2) is 0 Å². The minimum Gasteiger partial charge on any atom is -0.496 e. The maximum Gasteiger partial charge on any atom is 0.149 e. The lowest BCUT2D eigenvalue weighted by Gasteiger charge is -2.17. The average molecular weight is 314 g/mol. The number of aryl methyl sites for hydroxylation is 2. The Labute approximate surface area is 138 Å². The number of benzene rings is 1. The number of rotatable bonds is 5. The summed E-state index contributed by atoms with van der Waals surface area (Å²) in [5.74, 6) is 3.11. The molecule has 0 bridgehead atoms. The topological polar surface area (TPSA) is 52.0 Å². The third-order valence-electron chi connectivity index (χ3n) is 4.56. The van der Waals surface area contributed by atoms with Crippen LogP contribution in [-0.4, -0.2) is 21.9 Å². The van der Waals surface area contributed by atoms with Gasteiger partial charge in [-0.1, -0.05) is 24.1 Å². The molecule has 0 saturated heterocycles. The predicted octanol–water partition coefficient (Wildman–Crippen LogP) is 3.17. The normalized spacial score (nSPS) is 15.8. The van der Waals surface area contributed by atoms with E-state index in [0.29, 0.717) is 0 Å². The van der Waals surface area contributed by atoms with Gasteiger partial charge in [-0.2, -0.15) is 0 Å². The zero-order valence-electron chi connectivity index (χ0n) is 14.3. The molecule has 1 aromatic carbocycles. The summed E-state index contributed by atoms with van der Waals surface area (Å²) in [5, 5.41) is 12.4. The van der Waals surface area contributed by atoms with Crippen LogP contribution in [0.1, 0.15) is 55.0 Å². The van der Waals surface area contributed by atoms with E-state index < -0.39 is 0 Å². The Morgan fingerprint density at radius 1 is 1.26 bits per heavy atom. The molecule has 1 aliphatic rings. The molecule has 23 heavy (non-hydrogen) atoms. The molecular formula is C18H26N4O. The van der Waals surface area contributed by atoms with Gasteiger partial charge in [-0.3, -0.25) is 0 Å². The molecular weight excluding hydrogens is 288 g/mol. The van der Waals surface area contributed by atoms with Crippen LogP contribution < -0.4 is 10.1 Å².